The summed E-state index contributed by atoms with van der Waals surface area (Å²) in [4.78, 5) is 16.3. The predicted molar refractivity (Wildman–Crippen MR) is 91.4 cm³/mol. The Bertz CT molecular complexity index is 849. The number of aromatic nitrogens is 2. The van der Waals surface area contributed by atoms with Crippen LogP contribution in [0, 0.1) is 13.8 Å². The van der Waals surface area contributed by atoms with Crippen LogP contribution in [0.4, 0.5) is 4.79 Å². The lowest BCUT2D eigenvalue weighted by Gasteiger charge is -2.08. The molecule has 1 aromatic carbocycles. The number of benzene rings is 1. The van der Waals surface area contributed by atoms with Crippen LogP contribution in [0.1, 0.15) is 16.8 Å². The smallest absolute Gasteiger partial charge is 0.314 e. The van der Waals surface area contributed by atoms with E-state index in [0.29, 0.717) is 6.54 Å². The number of amides is 2. The summed E-state index contributed by atoms with van der Waals surface area (Å²) in [5.74, 6) is 0. The zero-order chi connectivity index (χ0) is 16.4. The van der Waals surface area contributed by atoms with Gasteiger partial charge in [0.1, 0.15) is 5.65 Å². The molecule has 5 heteroatoms. The fraction of sp³-hybridized carbons (Fsp3) is 0.222. The van der Waals surface area contributed by atoms with E-state index in [4.69, 9.17) is 4.98 Å². The SMILES string of the molecule is CNC(=O)NCc1c(-c2ccc(C)cc2)nc2ccc(C)cn12. The minimum absolute atomic E-state index is 0.206. The second kappa shape index (κ2) is 6.12. The van der Waals surface area contributed by atoms with Gasteiger partial charge in [-0.1, -0.05) is 35.9 Å². The molecule has 0 bridgehead atoms. The van der Waals surface area contributed by atoms with Gasteiger partial charge in [-0.05, 0) is 25.5 Å². The zero-order valence-electron chi connectivity index (χ0n) is 13.6. The van der Waals surface area contributed by atoms with E-state index in [2.05, 4.69) is 41.8 Å². The van der Waals surface area contributed by atoms with Crippen molar-refractivity contribution in [2.45, 2.75) is 20.4 Å². The number of aryl methyl sites for hydroxylation is 2. The first-order chi connectivity index (χ1) is 11.1. The number of pyridine rings is 1. The van der Waals surface area contributed by atoms with Crippen LogP contribution in [0.25, 0.3) is 16.9 Å². The van der Waals surface area contributed by atoms with Crippen molar-refractivity contribution < 1.29 is 4.79 Å². The standard InChI is InChI=1S/C18H20N4O/c1-12-4-7-14(8-5-12)17-15(10-20-18(23)19-3)22-11-13(2)6-9-16(22)21-17/h4-9,11H,10H2,1-3H3,(H2,19,20,23). The van der Waals surface area contributed by atoms with Crippen molar-refractivity contribution in [3.8, 4) is 11.3 Å². The van der Waals surface area contributed by atoms with Gasteiger partial charge < -0.3 is 15.0 Å². The van der Waals surface area contributed by atoms with Gasteiger partial charge in [0, 0.05) is 18.8 Å². The minimum atomic E-state index is -0.206. The molecule has 3 rings (SSSR count). The van der Waals surface area contributed by atoms with Crippen LogP contribution in [0.5, 0.6) is 0 Å². The summed E-state index contributed by atoms with van der Waals surface area (Å²) in [6.07, 6.45) is 2.04. The van der Waals surface area contributed by atoms with E-state index in [0.717, 1.165) is 28.2 Å². The first-order valence-electron chi connectivity index (χ1n) is 7.58. The van der Waals surface area contributed by atoms with Gasteiger partial charge in [0.2, 0.25) is 0 Å². The van der Waals surface area contributed by atoms with E-state index >= 15 is 0 Å². The van der Waals surface area contributed by atoms with E-state index in [9.17, 15) is 4.79 Å². The Balaban J connectivity index is 2.11. The lowest BCUT2D eigenvalue weighted by atomic mass is 10.1. The quantitative estimate of drug-likeness (QED) is 0.781. The summed E-state index contributed by atoms with van der Waals surface area (Å²) in [6, 6.07) is 12.1. The molecule has 118 valence electrons. The molecular weight excluding hydrogens is 288 g/mol. The highest BCUT2D eigenvalue weighted by atomic mass is 16.2. The number of rotatable bonds is 3. The lowest BCUT2D eigenvalue weighted by molar-refractivity contribution is 0.242. The van der Waals surface area contributed by atoms with Gasteiger partial charge in [-0.15, -0.1) is 0 Å². The number of fused-ring (bicyclic) bond motifs is 1. The highest BCUT2D eigenvalue weighted by Gasteiger charge is 2.14. The third-order valence-electron chi connectivity index (χ3n) is 3.83. The molecule has 2 amide bonds. The maximum absolute atomic E-state index is 11.6. The maximum atomic E-state index is 11.6. The Morgan fingerprint density at radius 3 is 2.48 bits per heavy atom. The Labute approximate surface area is 135 Å². The van der Waals surface area contributed by atoms with Crippen LogP contribution < -0.4 is 10.6 Å². The molecule has 0 aliphatic heterocycles. The Hall–Kier alpha value is -2.82. The first-order valence-corrected chi connectivity index (χ1v) is 7.58. The fourth-order valence-electron chi connectivity index (χ4n) is 2.56. The van der Waals surface area contributed by atoms with Crippen molar-refractivity contribution in [2.75, 3.05) is 7.05 Å². The van der Waals surface area contributed by atoms with Crippen molar-refractivity contribution >= 4 is 11.7 Å². The third-order valence-corrected chi connectivity index (χ3v) is 3.83. The fourth-order valence-corrected chi connectivity index (χ4v) is 2.56. The second-order valence-corrected chi connectivity index (χ2v) is 5.64. The summed E-state index contributed by atoms with van der Waals surface area (Å²) in [5.41, 5.74) is 6.14. The summed E-state index contributed by atoms with van der Waals surface area (Å²) in [5, 5.41) is 5.43. The normalized spacial score (nSPS) is 10.7. The van der Waals surface area contributed by atoms with Gasteiger partial charge in [-0.3, -0.25) is 0 Å². The van der Waals surface area contributed by atoms with Crippen LogP contribution in [-0.2, 0) is 6.54 Å². The third kappa shape index (κ3) is 3.04. The molecule has 2 heterocycles. The highest BCUT2D eigenvalue weighted by molar-refractivity contribution is 5.74. The number of carbonyl (C=O) groups excluding carboxylic acids is 1. The van der Waals surface area contributed by atoms with Crippen LogP contribution >= 0.6 is 0 Å². The van der Waals surface area contributed by atoms with E-state index in [1.165, 1.54) is 5.56 Å². The zero-order valence-corrected chi connectivity index (χ0v) is 13.6. The average molecular weight is 308 g/mol. The predicted octanol–water partition coefficient (Wildman–Crippen LogP) is 3.05. The van der Waals surface area contributed by atoms with E-state index in [-0.39, 0.29) is 6.03 Å². The van der Waals surface area contributed by atoms with E-state index < -0.39 is 0 Å². The van der Waals surface area contributed by atoms with E-state index in [1.54, 1.807) is 7.05 Å². The van der Waals surface area contributed by atoms with Crippen molar-refractivity contribution in [3.05, 3.63) is 59.4 Å². The van der Waals surface area contributed by atoms with Crippen molar-refractivity contribution in [2.24, 2.45) is 0 Å². The average Bonchev–Trinajstić information content (AvgIpc) is 2.91. The van der Waals surface area contributed by atoms with Crippen LogP contribution in [0.15, 0.2) is 42.6 Å². The van der Waals surface area contributed by atoms with Crippen molar-refractivity contribution in [1.29, 1.82) is 0 Å². The molecule has 0 spiro atoms. The van der Waals surface area contributed by atoms with Gasteiger partial charge in [0.15, 0.2) is 0 Å². The van der Waals surface area contributed by atoms with Gasteiger partial charge in [-0.25, -0.2) is 9.78 Å². The number of urea groups is 1. The molecule has 3 aromatic rings. The van der Waals surface area contributed by atoms with Crippen molar-refractivity contribution in [3.63, 3.8) is 0 Å². The van der Waals surface area contributed by atoms with Gasteiger partial charge in [0.25, 0.3) is 0 Å². The summed E-state index contributed by atoms with van der Waals surface area (Å²) >= 11 is 0. The number of imidazole rings is 1. The highest BCUT2D eigenvalue weighted by Crippen LogP contribution is 2.25. The number of hydrogen-bond donors (Lipinski definition) is 2. The molecular formula is C18H20N4O. The Kier molecular flexibility index (Phi) is 4.02. The molecule has 2 aromatic heterocycles. The van der Waals surface area contributed by atoms with Crippen LogP contribution in [0.2, 0.25) is 0 Å². The molecule has 2 N–H and O–H groups in total. The number of nitrogens with zero attached hydrogens (tertiary/aromatic N) is 2. The number of nitrogens with one attached hydrogen (secondary N) is 2. The second-order valence-electron chi connectivity index (χ2n) is 5.64. The van der Waals surface area contributed by atoms with Crippen molar-refractivity contribution in [1.82, 2.24) is 20.0 Å². The topological polar surface area (TPSA) is 58.4 Å². The Morgan fingerprint density at radius 2 is 1.78 bits per heavy atom. The minimum Gasteiger partial charge on any atom is -0.341 e. The van der Waals surface area contributed by atoms with Gasteiger partial charge in [0.05, 0.1) is 17.9 Å². The van der Waals surface area contributed by atoms with Crippen LogP contribution in [-0.4, -0.2) is 22.5 Å². The monoisotopic (exact) mass is 308 g/mol. The van der Waals surface area contributed by atoms with Crippen LogP contribution in [0.3, 0.4) is 0 Å². The molecule has 0 unspecified atom stereocenters. The molecule has 5 nitrogen and oxygen atoms in total. The molecule has 0 atom stereocenters. The number of carbonyl (C=O) groups is 1. The molecule has 0 saturated heterocycles. The van der Waals surface area contributed by atoms with Gasteiger partial charge in [-0.2, -0.15) is 0 Å². The lowest BCUT2D eigenvalue weighted by Crippen LogP contribution is -2.32. The van der Waals surface area contributed by atoms with E-state index in [1.807, 2.05) is 29.7 Å². The molecule has 0 aliphatic rings. The summed E-state index contributed by atoms with van der Waals surface area (Å²) < 4.78 is 2.04. The molecule has 23 heavy (non-hydrogen) atoms. The molecule has 0 saturated carbocycles. The molecule has 0 radical (unpaired) electrons. The summed E-state index contributed by atoms with van der Waals surface area (Å²) in [6.45, 7) is 4.51. The Morgan fingerprint density at radius 1 is 1.09 bits per heavy atom. The number of hydrogen-bond acceptors (Lipinski definition) is 2. The maximum Gasteiger partial charge on any atom is 0.314 e. The van der Waals surface area contributed by atoms with Gasteiger partial charge >= 0.3 is 6.03 Å². The molecule has 0 fully saturated rings. The summed E-state index contributed by atoms with van der Waals surface area (Å²) in [7, 11) is 1.61. The molecule has 0 aliphatic carbocycles. The first kappa shape index (κ1) is 15.1. The largest absolute Gasteiger partial charge is 0.341 e.